The van der Waals surface area contributed by atoms with E-state index in [2.05, 4.69) is 14.9 Å². The molecule has 2 aliphatic heterocycles. The molecule has 0 spiro atoms. The van der Waals surface area contributed by atoms with Gasteiger partial charge in [-0.05, 0) is 56.5 Å². The zero-order valence-corrected chi connectivity index (χ0v) is 15.8. The number of hydrogen-bond acceptors (Lipinski definition) is 6. The van der Waals surface area contributed by atoms with Gasteiger partial charge in [-0.15, -0.1) is 0 Å². The van der Waals surface area contributed by atoms with Gasteiger partial charge in [-0.3, -0.25) is 9.88 Å². The van der Waals surface area contributed by atoms with Crippen molar-refractivity contribution in [1.29, 1.82) is 0 Å². The SMILES string of the molecule is COc1ccc(Oc2nccnc2[C@H]2CCCN(C3CCOCC3)C2)cc1. The van der Waals surface area contributed by atoms with Crippen LogP contribution >= 0.6 is 0 Å². The van der Waals surface area contributed by atoms with Crippen molar-refractivity contribution in [2.24, 2.45) is 0 Å². The van der Waals surface area contributed by atoms with E-state index in [4.69, 9.17) is 14.2 Å². The molecule has 2 fully saturated rings. The van der Waals surface area contributed by atoms with Crippen LogP contribution in [-0.2, 0) is 4.74 Å². The predicted octanol–water partition coefficient (Wildman–Crippen LogP) is 3.64. The van der Waals surface area contributed by atoms with Gasteiger partial charge in [-0.25, -0.2) is 4.98 Å². The molecule has 2 aliphatic rings. The number of hydrogen-bond donors (Lipinski definition) is 0. The van der Waals surface area contributed by atoms with Crippen molar-refractivity contribution in [1.82, 2.24) is 14.9 Å². The fourth-order valence-corrected chi connectivity index (χ4v) is 4.06. The van der Waals surface area contributed by atoms with E-state index in [1.165, 1.54) is 6.42 Å². The minimum Gasteiger partial charge on any atom is -0.497 e. The lowest BCUT2D eigenvalue weighted by Gasteiger charge is -2.39. The number of nitrogens with zero attached hydrogens (tertiary/aromatic N) is 3. The molecule has 4 rings (SSSR count). The number of methoxy groups -OCH3 is 1. The number of piperidine rings is 1. The number of benzene rings is 1. The summed E-state index contributed by atoms with van der Waals surface area (Å²) in [7, 11) is 1.66. The number of likely N-dealkylation sites (tertiary alicyclic amines) is 1. The molecule has 0 bridgehead atoms. The van der Waals surface area contributed by atoms with Gasteiger partial charge >= 0.3 is 0 Å². The van der Waals surface area contributed by atoms with Crippen molar-refractivity contribution in [2.75, 3.05) is 33.4 Å². The maximum absolute atomic E-state index is 6.08. The molecule has 2 saturated heterocycles. The second-order valence-corrected chi connectivity index (χ2v) is 7.20. The molecule has 2 aromatic rings. The standard InChI is InChI=1S/C21H27N3O3/c1-25-18-4-6-19(7-5-18)27-21-20(22-10-11-23-21)16-3-2-12-24(15-16)17-8-13-26-14-9-17/h4-7,10-11,16-17H,2-3,8-9,12-15H2,1H3/t16-/m0/s1. The molecule has 144 valence electrons. The fraction of sp³-hybridized carbons (Fsp3) is 0.524. The monoisotopic (exact) mass is 369 g/mol. The second kappa shape index (κ2) is 8.67. The van der Waals surface area contributed by atoms with Gasteiger partial charge in [0.15, 0.2) is 0 Å². The first-order chi connectivity index (χ1) is 13.3. The highest BCUT2D eigenvalue weighted by Crippen LogP contribution is 2.34. The molecule has 0 aliphatic carbocycles. The quantitative estimate of drug-likeness (QED) is 0.802. The van der Waals surface area contributed by atoms with Crippen molar-refractivity contribution in [2.45, 2.75) is 37.6 Å². The molecule has 3 heterocycles. The third-order valence-corrected chi connectivity index (χ3v) is 5.51. The molecule has 0 radical (unpaired) electrons. The van der Waals surface area contributed by atoms with E-state index in [1.54, 1.807) is 19.5 Å². The van der Waals surface area contributed by atoms with E-state index in [-0.39, 0.29) is 0 Å². The second-order valence-electron chi connectivity index (χ2n) is 7.20. The largest absolute Gasteiger partial charge is 0.497 e. The van der Waals surface area contributed by atoms with Crippen molar-refractivity contribution >= 4 is 0 Å². The van der Waals surface area contributed by atoms with E-state index < -0.39 is 0 Å². The Hall–Kier alpha value is -2.18. The zero-order chi connectivity index (χ0) is 18.5. The Balaban J connectivity index is 1.49. The van der Waals surface area contributed by atoms with Crippen LogP contribution in [0.3, 0.4) is 0 Å². The minimum atomic E-state index is 0.351. The van der Waals surface area contributed by atoms with Crippen LogP contribution in [0.15, 0.2) is 36.7 Å². The predicted molar refractivity (Wildman–Crippen MR) is 102 cm³/mol. The molecule has 6 heteroatoms. The molecular weight excluding hydrogens is 342 g/mol. The Morgan fingerprint density at radius 3 is 2.52 bits per heavy atom. The Morgan fingerprint density at radius 2 is 1.74 bits per heavy atom. The lowest BCUT2D eigenvalue weighted by molar-refractivity contribution is 0.0236. The lowest BCUT2D eigenvalue weighted by Crippen LogP contribution is -2.44. The van der Waals surface area contributed by atoms with Crippen LogP contribution in [0.4, 0.5) is 0 Å². The van der Waals surface area contributed by atoms with Crippen molar-refractivity contribution in [3.8, 4) is 17.4 Å². The average Bonchev–Trinajstić information content (AvgIpc) is 2.75. The Labute approximate surface area is 160 Å². The fourth-order valence-electron chi connectivity index (χ4n) is 4.06. The van der Waals surface area contributed by atoms with E-state index in [9.17, 15) is 0 Å². The van der Waals surface area contributed by atoms with E-state index >= 15 is 0 Å². The van der Waals surface area contributed by atoms with Gasteiger partial charge < -0.3 is 14.2 Å². The van der Waals surface area contributed by atoms with Gasteiger partial charge in [0.2, 0.25) is 5.88 Å². The maximum Gasteiger partial charge on any atom is 0.241 e. The number of rotatable bonds is 5. The average molecular weight is 369 g/mol. The highest BCUT2D eigenvalue weighted by Gasteiger charge is 2.30. The van der Waals surface area contributed by atoms with Gasteiger partial charge in [0.1, 0.15) is 17.2 Å². The van der Waals surface area contributed by atoms with Crippen LogP contribution in [0.25, 0.3) is 0 Å². The number of aromatic nitrogens is 2. The summed E-state index contributed by atoms with van der Waals surface area (Å²) < 4.78 is 16.8. The summed E-state index contributed by atoms with van der Waals surface area (Å²) in [6.07, 6.45) is 8.02. The van der Waals surface area contributed by atoms with Crippen LogP contribution in [0.1, 0.15) is 37.3 Å². The first-order valence-electron chi connectivity index (χ1n) is 9.78. The molecule has 0 amide bonds. The minimum absolute atomic E-state index is 0.351. The lowest BCUT2D eigenvalue weighted by atomic mass is 9.92. The van der Waals surface area contributed by atoms with Crippen LogP contribution in [0.5, 0.6) is 17.4 Å². The van der Waals surface area contributed by atoms with Crippen molar-refractivity contribution in [3.63, 3.8) is 0 Å². The van der Waals surface area contributed by atoms with Crippen LogP contribution in [0, 0.1) is 0 Å². The van der Waals surface area contributed by atoms with Gasteiger partial charge in [0.25, 0.3) is 0 Å². The van der Waals surface area contributed by atoms with E-state index in [0.717, 1.165) is 62.8 Å². The molecule has 27 heavy (non-hydrogen) atoms. The van der Waals surface area contributed by atoms with E-state index in [0.29, 0.717) is 17.8 Å². The summed E-state index contributed by atoms with van der Waals surface area (Å²) in [6, 6.07) is 8.20. The first kappa shape index (κ1) is 18.2. The molecule has 0 N–H and O–H groups in total. The van der Waals surface area contributed by atoms with E-state index in [1.807, 2.05) is 24.3 Å². The third-order valence-electron chi connectivity index (χ3n) is 5.51. The summed E-state index contributed by atoms with van der Waals surface area (Å²) >= 11 is 0. The molecular formula is C21H27N3O3. The van der Waals surface area contributed by atoms with Gasteiger partial charge in [-0.2, -0.15) is 0 Å². The molecule has 1 atom stereocenters. The third kappa shape index (κ3) is 4.39. The van der Waals surface area contributed by atoms with Gasteiger partial charge in [0.05, 0.1) is 7.11 Å². The summed E-state index contributed by atoms with van der Waals surface area (Å²) in [5.41, 5.74) is 0.963. The summed E-state index contributed by atoms with van der Waals surface area (Å²) in [5, 5.41) is 0. The number of ether oxygens (including phenoxy) is 3. The summed E-state index contributed by atoms with van der Waals surface area (Å²) in [6.45, 7) is 3.93. The highest BCUT2D eigenvalue weighted by atomic mass is 16.5. The van der Waals surface area contributed by atoms with Crippen molar-refractivity contribution in [3.05, 3.63) is 42.4 Å². The highest BCUT2D eigenvalue weighted by molar-refractivity contribution is 5.35. The normalized spacial score (nSPS) is 21.7. The molecule has 0 saturated carbocycles. The van der Waals surface area contributed by atoms with Gasteiger partial charge in [0, 0.05) is 44.1 Å². The molecule has 6 nitrogen and oxygen atoms in total. The zero-order valence-electron chi connectivity index (χ0n) is 15.8. The van der Waals surface area contributed by atoms with Crippen LogP contribution in [0.2, 0.25) is 0 Å². The Morgan fingerprint density at radius 1 is 1.00 bits per heavy atom. The van der Waals surface area contributed by atoms with Crippen molar-refractivity contribution < 1.29 is 14.2 Å². The topological polar surface area (TPSA) is 56.7 Å². The maximum atomic E-state index is 6.08. The summed E-state index contributed by atoms with van der Waals surface area (Å²) in [4.78, 5) is 11.7. The van der Waals surface area contributed by atoms with Gasteiger partial charge in [-0.1, -0.05) is 0 Å². The summed E-state index contributed by atoms with van der Waals surface area (Å²) in [5.74, 6) is 2.51. The van der Waals surface area contributed by atoms with Crippen LogP contribution < -0.4 is 9.47 Å². The first-order valence-corrected chi connectivity index (χ1v) is 9.78. The molecule has 0 unspecified atom stereocenters. The Bertz CT molecular complexity index is 732. The molecule has 1 aromatic heterocycles. The molecule has 1 aromatic carbocycles. The van der Waals surface area contributed by atoms with Crippen LogP contribution in [-0.4, -0.2) is 54.3 Å². The Kier molecular flexibility index (Phi) is 5.84. The smallest absolute Gasteiger partial charge is 0.241 e.